The first kappa shape index (κ1) is 14.1. The average Bonchev–Trinajstić information content (AvgIpc) is 2.94. The van der Waals surface area contributed by atoms with E-state index in [1.165, 1.54) is 11.8 Å². The molecule has 0 fully saturated rings. The van der Waals surface area contributed by atoms with Crippen molar-refractivity contribution in [3.05, 3.63) is 11.8 Å². The van der Waals surface area contributed by atoms with Crippen LogP contribution in [0.1, 0.15) is 12.1 Å². The molecule has 0 saturated heterocycles. The molecule has 108 valence electrons. The molecule has 0 amide bonds. The molecule has 0 aliphatic carbocycles. The van der Waals surface area contributed by atoms with Crippen LogP contribution in [-0.4, -0.2) is 54.3 Å². The minimum absolute atomic E-state index is 0.111. The summed E-state index contributed by atoms with van der Waals surface area (Å²) >= 11 is 0. The molecular weight excluding hydrogens is 264 g/mol. The number of nitrogens with zero attached hydrogens (tertiary/aromatic N) is 6. The molecule has 2 aromatic heterocycles. The number of ether oxygens (including phenoxy) is 1. The van der Waals surface area contributed by atoms with E-state index in [0.717, 1.165) is 11.4 Å². The number of aryl methyl sites for hydroxylation is 2. The van der Waals surface area contributed by atoms with Crippen molar-refractivity contribution in [3.63, 3.8) is 0 Å². The van der Waals surface area contributed by atoms with Gasteiger partial charge in [0.1, 0.15) is 5.69 Å². The van der Waals surface area contributed by atoms with E-state index >= 15 is 0 Å². The van der Waals surface area contributed by atoms with Crippen molar-refractivity contribution in [2.24, 2.45) is 7.05 Å². The van der Waals surface area contributed by atoms with Crippen LogP contribution in [0.25, 0.3) is 11.5 Å². The van der Waals surface area contributed by atoms with Crippen LogP contribution in [0, 0.1) is 6.92 Å². The third-order valence-electron chi connectivity index (χ3n) is 2.88. The van der Waals surface area contributed by atoms with Crippen molar-refractivity contribution in [2.75, 3.05) is 7.11 Å². The quantitative estimate of drug-likeness (QED) is 0.785. The number of carboxylic acid groups (broad SMARTS) is 1. The van der Waals surface area contributed by atoms with E-state index < -0.39 is 12.1 Å². The molecule has 2 rings (SSSR count). The first-order valence-corrected chi connectivity index (χ1v) is 6.03. The summed E-state index contributed by atoms with van der Waals surface area (Å²) in [5.41, 5.74) is 1.61. The Hall–Kier alpha value is -2.29. The molecule has 0 aliphatic heterocycles. The lowest BCUT2D eigenvalue weighted by Crippen LogP contribution is -2.23. The second kappa shape index (κ2) is 5.78. The number of aromatic nitrogens is 6. The fourth-order valence-corrected chi connectivity index (χ4v) is 1.94. The molecule has 2 aromatic rings. The molecule has 9 heteroatoms. The summed E-state index contributed by atoms with van der Waals surface area (Å²) in [6.07, 6.45) is -0.607. The van der Waals surface area contributed by atoms with E-state index in [1.807, 2.05) is 13.0 Å². The van der Waals surface area contributed by atoms with Crippen molar-refractivity contribution >= 4 is 5.97 Å². The van der Waals surface area contributed by atoms with Crippen LogP contribution in [-0.2, 0) is 23.1 Å². The van der Waals surface area contributed by atoms with E-state index in [9.17, 15) is 4.79 Å². The van der Waals surface area contributed by atoms with Crippen LogP contribution in [0.3, 0.4) is 0 Å². The van der Waals surface area contributed by atoms with E-state index in [2.05, 4.69) is 20.6 Å². The summed E-state index contributed by atoms with van der Waals surface area (Å²) in [6, 6.07) is 1.86. The maximum absolute atomic E-state index is 10.8. The summed E-state index contributed by atoms with van der Waals surface area (Å²) in [4.78, 5) is 10.8. The van der Waals surface area contributed by atoms with Gasteiger partial charge in [0.2, 0.25) is 0 Å². The third-order valence-corrected chi connectivity index (χ3v) is 2.88. The van der Waals surface area contributed by atoms with Gasteiger partial charge in [0.05, 0.1) is 24.8 Å². The number of carboxylic acids is 1. The number of hydrogen-bond donors (Lipinski definition) is 1. The van der Waals surface area contributed by atoms with Gasteiger partial charge in [-0.15, -0.1) is 5.10 Å². The van der Waals surface area contributed by atoms with Crippen LogP contribution >= 0.6 is 0 Å². The molecule has 0 spiro atoms. The number of hydrogen-bond acceptors (Lipinski definition) is 6. The number of methoxy groups -OCH3 is 1. The molecular formula is C11H16N6O3. The maximum Gasteiger partial charge on any atom is 0.306 e. The first-order chi connectivity index (χ1) is 9.51. The van der Waals surface area contributed by atoms with E-state index in [0.29, 0.717) is 5.82 Å². The zero-order valence-corrected chi connectivity index (χ0v) is 11.5. The molecule has 20 heavy (non-hydrogen) atoms. The standard InChI is InChI=1S/C11H16N6O3/c1-7-4-9(16(2)13-7)11-12-14-15-17(11)6-8(20-3)5-10(18)19/h4,8H,5-6H2,1-3H3,(H,18,19). The Morgan fingerprint density at radius 1 is 1.55 bits per heavy atom. The minimum Gasteiger partial charge on any atom is -0.481 e. The SMILES string of the molecule is COC(CC(=O)O)Cn1nnnc1-c1cc(C)nn1C. The molecule has 9 nitrogen and oxygen atoms in total. The lowest BCUT2D eigenvalue weighted by atomic mass is 10.2. The molecule has 0 aromatic carbocycles. The van der Waals surface area contributed by atoms with E-state index in [1.54, 1.807) is 11.7 Å². The average molecular weight is 280 g/mol. The Balaban J connectivity index is 2.24. The van der Waals surface area contributed by atoms with Crippen molar-refractivity contribution in [2.45, 2.75) is 26.0 Å². The smallest absolute Gasteiger partial charge is 0.306 e. The Labute approximate surface area is 115 Å². The maximum atomic E-state index is 10.8. The number of aliphatic carboxylic acids is 1. The predicted molar refractivity (Wildman–Crippen MR) is 67.8 cm³/mol. The van der Waals surface area contributed by atoms with Crippen LogP contribution in [0.15, 0.2) is 6.07 Å². The highest BCUT2D eigenvalue weighted by molar-refractivity contribution is 5.67. The molecule has 1 N–H and O–H groups in total. The lowest BCUT2D eigenvalue weighted by Gasteiger charge is -2.13. The summed E-state index contributed by atoms with van der Waals surface area (Å²) in [5, 5.41) is 24.5. The van der Waals surface area contributed by atoms with Gasteiger partial charge in [0.15, 0.2) is 5.82 Å². The molecule has 0 bridgehead atoms. The summed E-state index contributed by atoms with van der Waals surface area (Å²) in [7, 11) is 3.26. The Kier molecular flexibility index (Phi) is 4.08. The Morgan fingerprint density at radius 3 is 2.85 bits per heavy atom. The van der Waals surface area contributed by atoms with Crippen LogP contribution in [0.5, 0.6) is 0 Å². The van der Waals surface area contributed by atoms with Gasteiger partial charge >= 0.3 is 5.97 Å². The highest BCUT2D eigenvalue weighted by Gasteiger charge is 2.19. The van der Waals surface area contributed by atoms with E-state index in [-0.39, 0.29) is 13.0 Å². The number of rotatable bonds is 6. The summed E-state index contributed by atoms with van der Waals surface area (Å²) in [6.45, 7) is 2.13. The second-order valence-corrected chi connectivity index (χ2v) is 4.43. The largest absolute Gasteiger partial charge is 0.481 e. The fraction of sp³-hybridized carbons (Fsp3) is 0.545. The van der Waals surface area contributed by atoms with Crippen molar-refractivity contribution in [1.82, 2.24) is 30.0 Å². The van der Waals surface area contributed by atoms with Gasteiger partial charge in [-0.1, -0.05) is 0 Å². The van der Waals surface area contributed by atoms with E-state index in [4.69, 9.17) is 9.84 Å². The van der Waals surface area contributed by atoms with Gasteiger partial charge in [0.25, 0.3) is 0 Å². The zero-order valence-electron chi connectivity index (χ0n) is 11.5. The van der Waals surface area contributed by atoms with Gasteiger partial charge in [0, 0.05) is 14.2 Å². The van der Waals surface area contributed by atoms with Crippen LogP contribution in [0.2, 0.25) is 0 Å². The number of tetrazole rings is 1. The normalized spacial score (nSPS) is 12.6. The Morgan fingerprint density at radius 2 is 2.30 bits per heavy atom. The van der Waals surface area contributed by atoms with Gasteiger partial charge < -0.3 is 9.84 Å². The lowest BCUT2D eigenvalue weighted by molar-refractivity contribution is -0.140. The fourth-order valence-electron chi connectivity index (χ4n) is 1.94. The first-order valence-electron chi connectivity index (χ1n) is 6.03. The second-order valence-electron chi connectivity index (χ2n) is 4.43. The number of carbonyl (C=O) groups is 1. The topological polar surface area (TPSA) is 108 Å². The monoisotopic (exact) mass is 280 g/mol. The summed E-state index contributed by atoms with van der Waals surface area (Å²) in [5.74, 6) is -0.400. The van der Waals surface area contributed by atoms with Gasteiger partial charge in [-0.3, -0.25) is 9.48 Å². The predicted octanol–water partition coefficient (Wildman–Crippen LogP) is -0.128. The summed E-state index contributed by atoms with van der Waals surface area (Å²) < 4.78 is 8.34. The molecule has 0 saturated carbocycles. The van der Waals surface area contributed by atoms with Crippen molar-refractivity contribution in [3.8, 4) is 11.5 Å². The van der Waals surface area contributed by atoms with Gasteiger partial charge in [-0.05, 0) is 23.4 Å². The molecule has 0 aliphatic rings. The molecule has 1 atom stereocenters. The van der Waals surface area contributed by atoms with Gasteiger partial charge in [-0.2, -0.15) is 5.10 Å². The Bertz CT molecular complexity index is 605. The van der Waals surface area contributed by atoms with Crippen molar-refractivity contribution < 1.29 is 14.6 Å². The van der Waals surface area contributed by atoms with Crippen molar-refractivity contribution in [1.29, 1.82) is 0 Å². The highest BCUT2D eigenvalue weighted by Crippen LogP contribution is 2.17. The van der Waals surface area contributed by atoms with Crippen LogP contribution in [0.4, 0.5) is 0 Å². The highest BCUT2D eigenvalue weighted by atomic mass is 16.5. The van der Waals surface area contributed by atoms with Gasteiger partial charge in [-0.25, -0.2) is 4.68 Å². The molecule has 1 unspecified atom stereocenters. The van der Waals surface area contributed by atoms with Crippen LogP contribution < -0.4 is 0 Å². The molecule has 0 radical (unpaired) electrons. The minimum atomic E-state index is -0.928. The molecule has 2 heterocycles. The third kappa shape index (κ3) is 2.99. The zero-order chi connectivity index (χ0) is 14.7.